The lowest BCUT2D eigenvalue weighted by Gasteiger charge is -2.26. The zero-order valence-electron chi connectivity index (χ0n) is 13.7. The molecule has 0 saturated carbocycles. The summed E-state index contributed by atoms with van der Waals surface area (Å²) in [5, 5.41) is 4.59. The van der Waals surface area contributed by atoms with Crippen LogP contribution in [0.5, 0.6) is 5.75 Å². The van der Waals surface area contributed by atoms with Gasteiger partial charge in [-0.05, 0) is 19.1 Å². The Balaban J connectivity index is 2.11. The first kappa shape index (κ1) is 15.8. The van der Waals surface area contributed by atoms with Gasteiger partial charge in [0.1, 0.15) is 11.3 Å². The van der Waals surface area contributed by atoms with Gasteiger partial charge in [0.15, 0.2) is 0 Å². The summed E-state index contributed by atoms with van der Waals surface area (Å²) < 4.78 is 6.07. The third kappa shape index (κ3) is 4.43. The van der Waals surface area contributed by atoms with E-state index in [9.17, 15) is 0 Å². The fourth-order valence-electron chi connectivity index (χ4n) is 2.14. The summed E-state index contributed by atoms with van der Waals surface area (Å²) in [7, 11) is 0. The van der Waals surface area contributed by atoms with Crippen LogP contribution in [0, 0.1) is 12.3 Å². The number of hydrogen-bond donors (Lipinski definition) is 1. The van der Waals surface area contributed by atoms with Gasteiger partial charge in [-0.25, -0.2) is 4.98 Å². The number of nitrogens with zero attached hydrogens (tertiary/aromatic N) is 1. The molecule has 1 aromatic heterocycles. The van der Waals surface area contributed by atoms with Gasteiger partial charge in [0.05, 0.1) is 6.61 Å². The second kappa shape index (κ2) is 6.44. The fraction of sp³-hybridized carbons (Fsp3) is 0.500. The van der Waals surface area contributed by atoms with E-state index in [0.29, 0.717) is 12.6 Å². The first-order chi connectivity index (χ1) is 9.87. The molecular weight excluding hydrogens is 260 g/mol. The van der Waals surface area contributed by atoms with E-state index in [1.807, 2.05) is 25.1 Å². The zero-order chi connectivity index (χ0) is 15.5. The minimum absolute atomic E-state index is 0.0796. The maximum absolute atomic E-state index is 6.07. The molecule has 0 amide bonds. The van der Waals surface area contributed by atoms with Crippen molar-refractivity contribution in [1.29, 1.82) is 0 Å². The summed E-state index contributed by atoms with van der Waals surface area (Å²) in [5.41, 5.74) is 2.04. The van der Waals surface area contributed by atoms with Gasteiger partial charge in [0.2, 0.25) is 0 Å². The predicted molar refractivity (Wildman–Crippen MR) is 88.9 cm³/mol. The van der Waals surface area contributed by atoms with E-state index in [4.69, 9.17) is 4.74 Å². The molecular formula is C18H26N2O. The molecule has 0 aliphatic carbocycles. The highest BCUT2D eigenvalue weighted by atomic mass is 16.5. The number of aryl methyl sites for hydroxylation is 1. The summed E-state index contributed by atoms with van der Waals surface area (Å²) in [5.74, 6) is 0.869. The molecule has 21 heavy (non-hydrogen) atoms. The lowest BCUT2D eigenvalue weighted by atomic mass is 9.94. The first-order valence-electron chi connectivity index (χ1n) is 7.60. The van der Waals surface area contributed by atoms with Crippen LogP contribution >= 0.6 is 0 Å². The van der Waals surface area contributed by atoms with Gasteiger partial charge in [0, 0.05) is 29.1 Å². The van der Waals surface area contributed by atoms with Crippen molar-refractivity contribution in [3.63, 3.8) is 0 Å². The second-order valence-electron chi connectivity index (χ2n) is 6.77. The molecule has 0 bridgehead atoms. The third-order valence-corrected chi connectivity index (χ3v) is 3.43. The van der Waals surface area contributed by atoms with Crippen LogP contribution in [0.15, 0.2) is 30.3 Å². The van der Waals surface area contributed by atoms with E-state index in [0.717, 1.165) is 28.9 Å². The van der Waals surface area contributed by atoms with Crippen molar-refractivity contribution in [2.24, 2.45) is 5.41 Å². The Kier molecular flexibility index (Phi) is 4.84. The zero-order valence-corrected chi connectivity index (χ0v) is 13.7. The maximum atomic E-state index is 6.07. The van der Waals surface area contributed by atoms with Crippen LogP contribution in [-0.4, -0.2) is 24.2 Å². The molecule has 2 aromatic rings. The van der Waals surface area contributed by atoms with Crippen molar-refractivity contribution < 1.29 is 4.74 Å². The monoisotopic (exact) mass is 286 g/mol. The van der Waals surface area contributed by atoms with E-state index in [1.54, 1.807) is 0 Å². The van der Waals surface area contributed by atoms with Crippen LogP contribution in [0.1, 0.15) is 33.4 Å². The first-order valence-corrected chi connectivity index (χ1v) is 7.60. The largest absolute Gasteiger partial charge is 0.491 e. The molecule has 0 spiro atoms. The molecule has 0 aliphatic heterocycles. The standard InChI is InChI=1S/C18H26N2O/c1-13(2)19-11-18(4,5)12-21-16-8-6-7-15-10-9-14(3)20-17(15)16/h6-10,13,19H,11-12H2,1-5H3. The Hall–Kier alpha value is -1.61. The topological polar surface area (TPSA) is 34.1 Å². The van der Waals surface area contributed by atoms with Gasteiger partial charge in [-0.1, -0.05) is 45.9 Å². The van der Waals surface area contributed by atoms with E-state index < -0.39 is 0 Å². The summed E-state index contributed by atoms with van der Waals surface area (Å²) >= 11 is 0. The predicted octanol–water partition coefficient (Wildman–Crippen LogP) is 3.95. The van der Waals surface area contributed by atoms with Crippen molar-refractivity contribution in [3.8, 4) is 5.75 Å². The lowest BCUT2D eigenvalue weighted by Crippen LogP contribution is -2.37. The molecule has 0 aliphatic rings. The van der Waals surface area contributed by atoms with Crippen molar-refractivity contribution >= 4 is 10.9 Å². The van der Waals surface area contributed by atoms with E-state index >= 15 is 0 Å². The number of rotatable bonds is 6. The quantitative estimate of drug-likeness (QED) is 0.873. The Morgan fingerprint density at radius 3 is 2.67 bits per heavy atom. The van der Waals surface area contributed by atoms with Gasteiger partial charge in [-0.15, -0.1) is 0 Å². The molecule has 1 heterocycles. The average Bonchev–Trinajstić information content (AvgIpc) is 2.43. The molecule has 0 fully saturated rings. The Bertz CT molecular complexity index is 605. The smallest absolute Gasteiger partial charge is 0.145 e. The van der Waals surface area contributed by atoms with Crippen LogP contribution < -0.4 is 10.1 Å². The average molecular weight is 286 g/mol. The van der Waals surface area contributed by atoms with Gasteiger partial charge < -0.3 is 10.1 Å². The molecule has 114 valence electrons. The van der Waals surface area contributed by atoms with Crippen LogP contribution in [0.3, 0.4) is 0 Å². The number of hydrogen-bond acceptors (Lipinski definition) is 3. The van der Waals surface area contributed by atoms with Crippen molar-refractivity contribution in [1.82, 2.24) is 10.3 Å². The number of ether oxygens (including phenoxy) is 1. The fourth-order valence-corrected chi connectivity index (χ4v) is 2.14. The van der Waals surface area contributed by atoms with Crippen LogP contribution in [0.2, 0.25) is 0 Å². The molecule has 0 saturated heterocycles. The Morgan fingerprint density at radius 2 is 1.95 bits per heavy atom. The minimum Gasteiger partial charge on any atom is -0.491 e. The molecule has 3 heteroatoms. The maximum Gasteiger partial charge on any atom is 0.145 e. The number of fused-ring (bicyclic) bond motifs is 1. The van der Waals surface area contributed by atoms with Gasteiger partial charge in [-0.3, -0.25) is 0 Å². The van der Waals surface area contributed by atoms with Crippen molar-refractivity contribution in [2.45, 2.75) is 40.7 Å². The Morgan fingerprint density at radius 1 is 1.19 bits per heavy atom. The molecule has 2 rings (SSSR count). The SMILES string of the molecule is Cc1ccc2cccc(OCC(C)(C)CNC(C)C)c2n1. The third-order valence-electron chi connectivity index (χ3n) is 3.43. The van der Waals surface area contributed by atoms with Crippen LogP contribution in [0.25, 0.3) is 10.9 Å². The second-order valence-corrected chi connectivity index (χ2v) is 6.77. The molecule has 3 nitrogen and oxygen atoms in total. The Labute approximate surface area is 127 Å². The molecule has 0 unspecified atom stereocenters. The highest BCUT2D eigenvalue weighted by molar-refractivity contribution is 5.84. The van der Waals surface area contributed by atoms with Gasteiger partial charge >= 0.3 is 0 Å². The van der Waals surface area contributed by atoms with Crippen LogP contribution in [0.4, 0.5) is 0 Å². The number of benzene rings is 1. The molecule has 1 N–H and O–H groups in total. The van der Waals surface area contributed by atoms with Crippen LogP contribution in [-0.2, 0) is 0 Å². The van der Waals surface area contributed by atoms with Gasteiger partial charge in [-0.2, -0.15) is 0 Å². The number of para-hydroxylation sites is 1. The van der Waals surface area contributed by atoms with Gasteiger partial charge in [0.25, 0.3) is 0 Å². The normalized spacial score (nSPS) is 12.1. The number of aromatic nitrogens is 1. The number of nitrogens with one attached hydrogen (secondary N) is 1. The van der Waals surface area contributed by atoms with Crippen molar-refractivity contribution in [3.05, 3.63) is 36.0 Å². The summed E-state index contributed by atoms with van der Waals surface area (Å²) in [6.07, 6.45) is 0. The highest BCUT2D eigenvalue weighted by Gasteiger charge is 2.19. The summed E-state index contributed by atoms with van der Waals surface area (Å²) in [4.78, 5) is 4.61. The molecule has 0 radical (unpaired) electrons. The molecule has 1 aromatic carbocycles. The number of pyridine rings is 1. The van der Waals surface area contributed by atoms with E-state index in [1.165, 1.54) is 0 Å². The van der Waals surface area contributed by atoms with E-state index in [-0.39, 0.29) is 5.41 Å². The van der Waals surface area contributed by atoms with E-state index in [2.05, 4.69) is 50.1 Å². The minimum atomic E-state index is 0.0796. The summed E-state index contributed by atoms with van der Waals surface area (Å²) in [6, 6.07) is 10.7. The van der Waals surface area contributed by atoms with Crippen molar-refractivity contribution in [2.75, 3.05) is 13.2 Å². The summed E-state index contributed by atoms with van der Waals surface area (Å²) in [6.45, 7) is 12.4. The lowest BCUT2D eigenvalue weighted by molar-refractivity contribution is 0.175. The molecule has 0 atom stereocenters. The highest BCUT2D eigenvalue weighted by Crippen LogP contribution is 2.26.